The van der Waals surface area contributed by atoms with Crippen molar-refractivity contribution in [2.75, 3.05) is 14.2 Å². The quantitative estimate of drug-likeness (QED) is 0.780. The SMILES string of the molecule is COC(=O)c1cn(CCc2ccc(F)cc2)cc(C(=O)OC)c1=O. The predicted octanol–water partition coefficient (Wildman–Crippen LogP) is 1.80. The van der Waals surface area contributed by atoms with E-state index in [0.717, 1.165) is 19.8 Å². The molecule has 7 heteroatoms. The summed E-state index contributed by atoms with van der Waals surface area (Å²) in [6.07, 6.45) is 3.17. The van der Waals surface area contributed by atoms with Gasteiger partial charge in [-0.3, -0.25) is 4.79 Å². The summed E-state index contributed by atoms with van der Waals surface area (Å²) in [5.41, 5.74) is -0.375. The number of hydrogen-bond acceptors (Lipinski definition) is 5. The van der Waals surface area contributed by atoms with Gasteiger partial charge in [0.2, 0.25) is 5.43 Å². The Morgan fingerprint density at radius 3 is 1.96 bits per heavy atom. The number of carbonyl (C=O) groups is 2. The van der Waals surface area contributed by atoms with Gasteiger partial charge in [-0.15, -0.1) is 0 Å². The zero-order chi connectivity index (χ0) is 17.7. The van der Waals surface area contributed by atoms with Crippen molar-refractivity contribution in [3.8, 4) is 0 Å². The molecule has 0 atom stereocenters. The van der Waals surface area contributed by atoms with Gasteiger partial charge in [-0.25, -0.2) is 14.0 Å². The van der Waals surface area contributed by atoms with E-state index in [1.54, 1.807) is 12.1 Å². The molecule has 1 aromatic carbocycles. The minimum atomic E-state index is -0.832. The molecule has 0 saturated heterocycles. The Kier molecular flexibility index (Phi) is 5.47. The number of hydrogen-bond donors (Lipinski definition) is 0. The lowest BCUT2D eigenvalue weighted by Crippen LogP contribution is -2.26. The van der Waals surface area contributed by atoms with E-state index in [4.69, 9.17) is 0 Å². The van der Waals surface area contributed by atoms with Crippen LogP contribution in [0.5, 0.6) is 0 Å². The number of esters is 2. The molecule has 1 heterocycles. The van der Waals surface area contributed by atoms with Crippen LogP contribution in [0.25, 0.3) is 0 Å². The predicted molar refractivity (Wildman–Crippen MR) is 83.5 cm³/mol. The fraction of sp³-hybridized carbons (Fsp3) is 0.235. The number of pyridine rings is 1. The highest BCUT2D eigenvalue weighted by Crippen LogP contribution is 2.07. The maximum atomic E-state index is 12.9. The molecule has 0 aliphatic heterocycles. The van der Waals surface area contributed by atoms with Crippen molar-refractivity contribution in [2.45, 2.75) is 13.0 Å². The van der Waals surface area contributed by atoms with Crippen LogP contribution in [0.3, 0.4) is 0 Å². The fourth-order valence-corrected chi connectivity index (χ4v) is 2.18. The number of carbonyl (C=O) groups excluding carboxylic acids is 2. The molecule has 2 aromatic rings. The van der Waals surface area contributed by atoms with E-state index in [9.17, 15) is 18.8 Å². The maximum Gasteiger partial charge on any atom is 0.343 e. The summed E-state index contributed by atoms with van der Waals surface area (Å²) in [4.78, 5) is 35.6. The van der Waals surface area contributed by atoms with E-state index < -0.39 is 17.4 Å². The molecular weight excluding hydrogens is 317 g/mol. The molecule has 0 unspecified atom stereocenters. The van der Waals surface area contributed by atoms with Gasteiger partial charge in [0.05, 0.1) is 14.2 Å². The van der Waals surface area contributed by atoms with Crippen molar-refractivity contribution in [1.29, 1.82) is 0 Å². The van der Waals surface area contributed by atoms with Crippen LogP contribution in [-0.2, 0) is 22.4 Å². The van der Waals surface area contributed by atoms with Crippen LogP contribution in [0, 0.1) is 5.82 Å². The van der Waals surface area contributed by atoms with Crippen molar-refractivity contribution in [3.63, 3.8) is 0 Å². The molecule has 0 fully saturated rings. The lowest BCUT2D eigenvalue weighted by Gasteiger charge is -2.11. The van der Waals surface area contributed by atoms with Crippen molar-refractivity contribution >= 4 is 11.9 Å². The molecule has 0 N–H and O–H groups in total. The molecule has 6 nitrogen and oxygen atoms in total. The van der Waals surface area contributed by atoms with Crippen molar-refractivity contribution < 1.29 is 23.5 Å². The third-order valence-electron chi connectivity index (χ3n) is 3.46. The number of benzene rings is 1. The fourth-order valence-electron chi connectivity index (χ4n) is 2.18. The molecule has 0 radical (unpaired) electrons. The molecule has 0 aliphatic carbocycles. The number of rotatable bonds is 5. The number of methoxy groups -OCH3 is 2. The maximum absolute atomic E-state index is 12.9. The molecule has 2 rings (SSSR count). The Labute approximate surface area is 137 Å². The van der Waals surface area contributed by atoms with Gasteiger partial charge < -0.3 is 14.0 Å². The third-order valence-corrected chi connectivity index (χ3v) is 3.46. The molecular formula is C17H16FNO5. The second kappa shape index (κ2) is 7.54. The van der Waals surface area contributed by atoms with Crippen LogP contribution in [-0.4, -0.2) is 30.7 Å². The summed E-state index contributed by atoms with van der Waals surface area (Å²) >= 11 is 0. The Balaban J connectivity index is 2.34. The van der Waals surface area contributed by atoms with Gasteiger partial charge in [0.15, 0.2) is 0 Å². The highest BCUT2D eigenvalue weighted by atomic mass is 19.1. The van der Waals surface area contributed by atoms with E-state index in [1.165, 1.54) is 29.1 Å². The van der Waals surface area contributed by atoms with Gasteiger partial charge in [0.25, 0.3) is 0 Å². The number of halogens is 1. The second-order valence-electron chi connectivity index (χ2n) is 5.01. The first kappa shape index (κ1) is 17.4. The van der Waals surface area contributed by atoms with E-state index in [0.29, 0.717) is 13.0 Å². The molecule has 0 spiro atoms. The summed E-state index contributed by atoms with van der Waals surface area (Å²) in [6.45, 7) is 0.375. The van der Waals surface area contributed by atoms with Gasteiger partial charge >= 0.3 is 11.9 Å². The molecule has 0 saturated carbocycles. The Morgan fingerprint density at radius 1 is 1.00 bits per heavy atom. The molecule has 24 heavy (non-hydrogen) atoms. The largest absolute Gasteiger partial charge is 0.465 e. The number of aromatic nitrogens is 1. The summed E-state index contributed by atoms with van der Waals surface area (Å²) in [7, 11) is 2.30. The van der Waals surface area contributed by atoms with Gasteiger partial charge in [0, 0.05) is 18.9 Å². The molecule has 126 valence electrons. The van der Waals surface area contributed by atoms with Crippen LogP contribution in [0.15, 0.2) is 41.5 Å². The second-order valence-corrected chi connectivity index (χ2v) is 5.01. The number of aryl methyl sites for hydroxylation is 2. The minimum absolute atomic E-state index is 0.250. The Hall–Kier alpha value is -2.96. The normalized spacial score (nSPS) is 10.3. The first-order chi connectivity index (χ1) is 11.5. The van der Waals surface area contributed by atoms with Crippen LogP contribution < -0.4 is 5.43 Å². The first-order valence-corrected chi connectivity index (χ1v) is 7.11. The topological polar surface area (TPSA) is 74.6 Å². The summed E-state index contributed by atoms with van der Waals surface area (Å²) < 4.78 is 23.6. The van der Waals surface area contributed by atoms with Gasteiger partial charge in [0.1, 0.15) is 16.9 Å². The average molecular weight is 333 g/mol. The van der Waals surface area contributed by atoms with Gasteiger partial charge in [-0.2, -0.15) is 0 Å². The highest BCUT2D eigenvalue weighted by Gasteiger charge is 2.20. The van der Waals surface area contributed by atoms with Crippen molar-refractivity contribution in [1.82, 2.24) is 4.57 Å². The van der Waals surface area contributed by atoms with E-state index in [1.807, 2.05) is 0 Å². The van der Waals surface area contributed by atoms with Crippen LogP contribution in [0.4, 0.5) is 4.39 Å². The smallest absolute Gasteiger partial charge is 0.343 e. The minimum Gasteiger partial charge on any atom is -0.465 e. The van der Waals surface area contributed by atoms with E-state index in [-0.39, 0.29) is 16.9 Å². The standard InChI is InChI=1S/C17H16FNO5/c1-23-16(21)13-9-19(10-14(15(13)20)17(22)24-2)8-7-11-3-5-12(18)6-4-11/h3-6,9-10H,7-8H2,1-2H3. The Bertz CT molecular complexity index is 770. The van der Waals surface area contributed by atoms with Crippen LogP contribution in [0.1, 0.15) is 26.3 Å². The summed E-state index contributed by atoms with van der Waals surface area (Å²) in [6, 6.07) is 5.97. The number of nitrogens with zero attached hydrogens (tertiary/aromatic N) is 1. The molecule has 0 bridgehead atoms. The van der Waals surface area contributed by atoms with E-state index >= 15 is 0 Å². The zero-order valence-electron chi connectivity index (χ0n) is 13.2. The van der Waals surface area contributed by atoms with Crippen molar-refractivity contribution in [2.24, 2.45) is 0 Å². The molecule has 0 aliphatic rings. The van der Waals surface area contributed by atoms with Crippen LogP contribution >= 0.6 is 0 Å². The average Bonchev–Trinajstić information content (AvgIpc) is 2.60. The van der Waals surface area contributed by atoms with Gasteiger partial charge in [-0.1, -0.05) is 12.1 Å². The lowest BCUT2D eigenvalue weighted by atomic mass is 10.1. The summed E-state index contributed by atoms with van der Waals surface area (Å²) in [5.74, 6) is -1.99. The first-order valence-electron chi connectivity index (χ1n) is 7.11. The zero-order valence-corrected chi connectivity index (χ0v) is 13.2. The Morgan fingerprint density at radius 2 is 1.50 bits per heavy atom. The van der Waals surface area contributed by atoms with E-state index in [2.05, 4.69) is 9.47 Å². The van der Waals surface area contributed by atoms with Gasteiger partial charge in [-0.05, 0) is 24.1 Å². The lowest BCUT2D eigenvalue weighted by molar-refractivity contribution is 0.0594. The molecule has 1 aromatic heterocycles. The number of ether oxygens (including phenoxy) is 2. The third kappa shape index (κ3) is 3.87. The monoisotopic (exact) mass is 333 g/mol. The highest BCUT2D eigenvalue weighted by molar-refractivity contribution is 5.94. The summed E-state index contributed by atoms with van der Waals surface area (Å²) in [5, 5.41) is 0. The van der Waals surface area contributed by atoms with Crippen molar-refractivity contribution in [3.05, 3.63) is 69.4 Å². The molecule has 0 amide bonds. The van der Waals surface area contributed by atoms with Crippen LogP contribution in [0.2, 0.25) is 0 Å².